The normalized spacial score (nSPS) is 21.4. The molecule has 1 aliphatic rings. The number of benzene rings is 1. The van der Waals surface area contributed by atoms with E-state index in [0.29, 0.717) is 22.3 Å². The lowest BCUT2D eigenvalue weighted by Gasteiger charge is -2.34. The highest BCUT2D eigenvalue weighted by molar-refractivity contribution is 8.23. The first-order valence-corrected chi connectivity index (χ1v) is 10.9. The van der Waals surface area contributed by atoms with Crippen LogP contribution < -0.4 is 0 Å². The molecule has 0 amide bonds. The summed E-state index contributed by atoms with van der Waals surface area (Å²) in [5, 5.41) is 11.5. The SMILES string of the molecule is C[C@@H]1C[C@@H](C)CN(S(=O)(=O)c2ccc(SC(=S)N(C)C)c([N+](=O)[O-])c2)C1. The number of thioether (sulfide) groups is 1. The summed E-state index contributed by atoms with van der Waals surface area (Å²) in [5.41, 5.74) is -0.251. The van der Waals surface area contributed by atoms with Crippen molar-refractivity contribution in [2.24, 2.45) is 11.8 Å². The minimum absolute atomic E-state index is 0.0504. The van der Waals surface area contributed by atoms with E-state index in [0.717, 1.165) is 24.2 Å². The van der Waals surface area contributed by atoms with Crippen LogP contribution in [0.15, 0.2) is 28.0 Å². The van der Waals surface area contributed by atoms with E-state index in [1.165, 1.54) is 16.4 Å². The maximum Gasteiger partial charge on any atom is 0.284 e. The standard InChI is InChI=1S/C16H23N3O4S3/c1-11-7-12(2)10-18(9-11)26(22,23)13-5-6-15(14(8-13)19(20)21)25-16(24)17(3)4/h5-6,8,11-12H,7,9-10H2,1-4H3/t11-,12-/m1/s1. The van der Waals surface area contributed by atoms with Crippen molar-refractivity contribution in [1.29, 1.82) is 0 Å². The lowest BCUT2D eigenvalue weighted by Crippen LogP contribution is -2.42. The Balaban J connectivity index is 2.39. The minimum atomic E-state index is -3.77. The highest BCUT2D eigenvalue weighted by Gasteiger charge is 2.33. The fourth-order valence-electron chi connectivity index (χ4n) is 3.02. The molecule has 1 heterocycles. The Morgan fingerprint density at radius 1 is 1.31 bits per heavy atom. The van der Waals surface area contributed by atoms with E-state index in [1.54, 1.807) is 19.0 Å². The molecule has 0 radical (unpaired) electrons. The molecule has 2 rings (SSSR count). The first-order valence-electron chi connectivity index (χ1n) is 8.20. The van der Waals surface area contributed by atoms with E-state index in [2.05, 4.69) is 0 Å². The van der Waals surface area contributed by atoms with Crippen molar-refractivity contribution in [1.82, 2.24) is 9.21 Å². The monoisotopic (exact) mass is 417 g/mol. The summed E-state index contributed by atoms with van der Waals surface area (Å²) in [5.74, 6) is 0.520. The van der Waals surface area contributed by atoms with Crippen molar-refractivity contribution in [2.45, 2.75) is 30.1 Å². The summed E-state index contributed by atoms with van der Waals surface area (Å²) in [4.78, 5) is 12.8. The van der Waals surface area contributed by atoms with Crippen molar-refractivity contribution < 1.29 is 13.3 Å². The maximum absolute atomic E-state index is 13.0. The first kappa shape index (κ1) is 21.1. The Labute approximate surface area is 163 Å². The second-order valence-corrected chi connectivity index (χ2v) is 10.5. The van der Waals surface area contributed by atoms with E-state index < -0.39 is 14.9 Å². The van der Waals surface area contributed by atoms with Gasteiger partial charge >= 0.3 is 0 Å². The van der Waals surface area contributed by atoms with Gasteiger partial charge in [-0.1, -0.05) is 37.8 Å². The van der Waals surface area contributed by atoms with Gasteiger partial charge in [0.05, 0.1) is 14.7 Å². The average Bonchev–Trinajstić information content (AvgIpc) is 2.53. The van der Waals surface area contributed by atoms with Crippen molar-refractivity contribution in [3.8, 4) is 0 Å². The molecule has 1 fully saturated rings. The summed E-state index contributed by atoms with van der Waals surface area (Å²) in [6.07, 6.45) is 0.976. The highest BCUT2D eigenvalue weighted by atomic mass is 32.2. The number of hydrogen-bond donors (Lipinski definition) is 0. The predicted molar refractivity (Wildman–Crippen MR) is 107 cm³/mol. The van der Waals surface area contributed by atoms with Crippen LogP contribution in [0.5, 0.6) is 0 Å². The minimum Gasteiger partial charge on any atom is -0.363 e. The zero-order chi connectivity index (χ0) is 19.6. The van der Waals surface area contributed by atoms with Crippen LogP contribution in [0.2, 0.25) is 0 Å². The van der Waals surface area contributed by atoms with Gasteiger partial charge in [-0.2, -0.15) is 4.31 Å². The van der Waals surface area contributed by atoms with Gasteiger partial charge in [-0.15, -0.1) is 0 Å². The van der Waals surface area contributed by atoms with Gasteiger partial charge in [0.15, 0.2) is 0 Å². The van der Waals surface area contributed by atoms with Crippen molar-refractivity contribution in [2.75, 3.05) is 27.2 Å². The summed E-state index contributed by atoms with van der Waals surface area (Å²) in [6.45, 7) is 4.90. The molecule has 7 nitrogen and oxygen atoms in total. The molecule has 0 unspecified atom stereocenters. The molecule has 0 spiro atoms. The van der Waals surface area contributed by atoms with Gasteiger partial charge in [0, 0.05) is 33.3 Å². The Kier molecular flexibility index (Phi) is 6.65. The summed E-state index contributed by atoms with van der Waals surface area (Å²) in [7, 11) is -0.272. The lowest BCUT2D eigenvalue weighted by molar-refractivity contribution is -0.387. The zero-order valence-corrected chi connectivity index (χ0v) is 17.7. The van der Waals surface area contributed by atoms with E-state index in [9.17, 15) is 18.5 Å². The van der Waals surface area contributed by atoms with Crippen molar-refractivity contribution in [3.05, 3.63) is 28.3 Å². The number of piperidine rings is 1. The molecule has 0 aliphatic carbocycles. The van der Waals surface area contributed by atoms with Gasteiger partial charge in [-0.25, -0.2) is 8.42 Å². The molecule has 0 saturated carbocycles. The third-order valence-electron chi connectivity index (χ3n) is 4.16. The second kappa shape index (κ2) is 8.20. The first-order chi connectivity index (χ1) is 12.0. The van der Waals surface area contributed by atoms with E-state index >= 15 is 0 Å². The zero-order valence-electron chi connectivity index (χ0n) is 15.2. The molecular weight excluding hydrogens is 394 g/mol. The molecule has 10 heteroatoms. The second-order valence-electron chi connectivity index (χ2n) is 6.92. The molecule has 0 bridgehead atoms. The molecule has 1 saturated heterocycles. The quantitative estimate of drug-likeness (QED) is 0.322. The van der Waals surface area contributed by atoms with Crippen LogP contribution in [0.25, 0.3) is 0 Å². The number of nitrogens with zero attached hydrogens (tertiary/aromatic N) is 3. The Morgan fingerprint density at radius 3 is 2.38 bits per heavy atom. The predicted octanol–water partition coefficient (Wildman–Crippen LogP) is 3.20. The third kappa shape index (κ3) is 4.73. The van der Waals surface area contributed by atoms with Gasteiger partial charge in [-0.3, -0.25) is 10.1 Å². The number of thiocarbonyl (C=S) groups is 1. The van der Waals surface area contributed by atoms with Crippen LogP contribution >= 0.6 is 24.0 Å². The van der Waals surface area contributed by atoms with E-state index in [1.807, 2.05) is 13.8 Å². The largest absolute Gasteiger partial charge is 0.363 e. The van der Waals surface area contributed by atoms with Crippen LogP contribution in [0, 0.1) is 22.0 Å². The van der Waals surface area contributed by atoms with Gasteiger partial charge in [0.2, 0.25) is 10.0 Å². The molecule has 2 atom stereocenters. The number of sulfonamides is 1. The fraction of sp³-hybridized carbons (Fsp3) is 0.562. The molecule has 144 valence electrons. The number of rotatable bonds is 4. The van der Waals surface area contributed by atoms with E-state index in [-0.39, 0.29) is 22.4 Å². The fourth-order valence-corrected chi connectivity index (χ4v) is 5.74. The molecule has 1 aliphatic heterocycles. The van der Waals surface area contributed by atoms with Crippen LogP contribution in [-0.4, -0.2) is 54.1 Å². The molecule has 1 aromatic rings. The van der Waals surface area contributed by atoms with Gasteiger partial charge in [-0.05, 0) is 30.4 Å². The Hall–Kier alpha value is -1.23. The van der Waals surface area contributed by atoms with Crippen LogP contribution in [-0.2, 0) is 10.0 Å². The molecule has 0 aromatic heterocycles. The number of hydrogen-bond acceptors (Lipinski definition) is 6. The van der Waals surface area contributed by atoms with E-state index in [4.69, 9.17) is 12.2 Å². The molecular formula is C16H23N3O4S3. The highest BCUT2D eigenvalue weighted by Crippen LogP contribution is 2.34. The summed E-state index contributed by atoms with van der Waals surface area (Å²) in [6, 6.07) is 4.02. The van der Waals surface area contributed by atoms with Crippen molar-refractivity contribution >= 4 is 44.0 Å². The molecule has 26 heavy (non-hydrogen) atoms. The number of nitro benzene ring substituents is 1. The van der Waals surface area contributed by atoms with Crippen molar-refractivity contribution in [3.63, 3.8) is 0 Å². The Morgan fingerprint density at radius 2 is 1.88 bits per heavy atom. The Bertz CT molecular complexity index is 801. The summed E-state index contributed by atoms with van der Waals surface area (Å²) >= 11 is 6.25. The molecule has 0 N–H and O–H groups in total. The average molecular weight is 418 g/mol. The third-order valence-corrected chi connectivity index (χ3v) is 7.71. The number of nitro groups is 1. The van der Waals surface area contributed by atoms with Gasteiger partial charge in [0.25, 0.3) is 5.69 Å². The topological polar surface area (TPSA) is 83.8 Å². The lowest BCUT2D eigenvalue weighted by atomic mass is 9.94. The van der Waals surface area contributed by atoms with Gasteiger partial charge in [0.1, 0.15) is 4.32 Å². The maximum atomic E-state index is 13.0. The molecule has 1 aromatic carbocycles. The van der Waals surface area contributed by atoms with Gasteiger partial charge < -0.3 is 4.90 Å². The summed E-state index contributed by atoms with van der Waals surface area (Å²) < 4.78 is 27.8. The smallest absolute Gasteiger partial charge is 0.284 e. The van der Waals surface area contributed by atoms with Crippen LogP contribution in [0.4, 0.5) is 5.69 Å². The van der Waals surface area contributed by atoms with Crippen LogP contribution in [0.1, 0.15) is 20.3 Å². The van der Waals surface area contributed by atoms with Crippen LogP contribution in [0.3, 0.4) is 0 Å².